The van der Waals surface area contributed by atoms with E-state index >= 15 is 0 Å². The molecule has 0 saturated heterocycles. The summed E-state index contributed by atoms with van der Waals surface area (Å²) in [7, 11) is 3.91. The van der Waals surface area contributed by atoms with Crippen LogP contribution >= 0.6 is 11.3 Å². The van der Waals surface area contributed by atoms with Crippen LogP contribution in [0.15, 0.2) is 63.5 Å². The van der Waals surface area contributed by atoms with E-state index in [2.05, 4.69) is 23.7 Å². The lowest BCUT2D eigenvalue weighted by molar-refractivity contribution is -0.139. The molecule has 1 aliphatic heterocycles. The highest BCUT2D eigenvalue weighted by Gasteiger charge is 2.33. The Kier molecular flexibility index (Phi) is 8.06. The maximum absolute atomic E-state index is 13.8. The molecule has 0 fully saturated rings. The molecule has 0 radical (unpaired) electrons. The number of allylic oxidation sites excluding steroid dienone is 1. The fraction of sp³-hybridized carbons (Fsp3) is 0.345. The van der Waals surface area contributed by atoms with Gasteiger partial charge >= 0.3 is 5.97 Å². The SMILES string of the molecule is CCOC(=O)C1=C(C)N=c2s/c(=C\c3ccc(N(CC)CC)cc3O)c(=O)n2[C@H]1c1ccc(N(C)C)cc1. The number of hydrogen-bond donors (Lipinski definition) is 1. The first-order chi connectivity index (χ1) is 18.2. The zero-order chi connectivity index (χ0) is 27.6. The Bertz CT molecular complexity index is 1550. The van der Waals surface area contributed by atoms with E-state index < -0.39 is 12.0 Å². The van der Waals surface area contributed by atoms with Crippen molar-refractivity contribution in [2.45, 2.75) is 33.7 Å². The first kappa shape index (κ1) is 27.2. The van der Waals surface area contributed by atoms with Crippen molar-refractivity contribution in [2.24, 2.45) is 4.99 Å². The number of benzene rings is 2. The van der Waals surface area contributed by atoms with Gasteiger partial charge in [-0.15, -0.1) is 0 Å². The van der Waals surface area contributed by atoms with Gasteiger partial charge in [-0.3, -0.25) is 9.36 Å². The Balaban J connectivity index is 1.88. The van der Waals surface area contributed by atoms with Gasteiger partial charge in [0.25, 0.3) is 5.56 Å². The van der Waals surface area contributed by atoms with Crippen LogP contribution in [-0.4, -0.2) is 49.4 Å². The van der Waals surface area contributed by atoms with Crippen LogP contribution in [0.4, 0.5) is 11.4 Å². The Labute approximate surface area is 226 Å². The van der Waals surface area contributed by atoms with E-state index in [0.29, 0.717) is 26.2 Å². The summed E-state index contributed by atoms with van der Waals surface area (Å²) in [5.41, 5.74) is 3.83. The molecule has 2 heterocycles. The van der Waals surface area contributed by atoms with Crippen LogP contribution < -0.4 is 24.7 Å². The van der Waals surface area contributed by atoms with Gasteiger partial charge in [0.15, 0.2) is 4.80 Å². The smallest absolute Gasteiger partial charge is 0.338 e. The summed E-state index contributed by atoms with van der Waals surface area (Å²) < 4.78 is 7.34. The average Bonchev–Trinajstić information content (AvgIpc) is 3.19. The van der Waals surface area contributed by atoms with Gasteiger partial charge in [0, 0.05) is 50.2 Å². The zero-order valence-electron chi connectivity index (χ0n) is 22.7. The standard InChI is InChI=1S/C29H34N4O4S/c1-7-32(8-2)22-15-12-20(23(34)17-22)16-24-27(35)33-26(19-10-13-21(14-11-19)31(5)6)25(28(36)37-9-3)18(4)30-29(33)38-24/h10-17,26,34H,7-9H2,1-6H3/b24-16-/t26-/m0/s1. The molecule has 3 aromatic rings. The topological polar surface area (TPSA) is 87.4 Å². The molecular weight excluding hydrogens is 500 g/mol. The van der Waals surface area contributed by atoms with Gasteiger partial charge in [-0.25, -0.2) is 9.79 Å². The maximum atomic E-state index is 13.8. The third-order valence-corrected chi connectivity index (χ3v) is 7.65. The third kappa shape index (κ3) is 5.11. The van der Waals surface area contributed by atoms with Gasteiger partial charge in [0.2, 0.25) is 0 Å². The number of phenolic OH excluding ortho intramolecular Hbond substituents is 1. The third-order valence-electron chi connectivity index (χ3n) is 6.67. The highest BCUT2D eigenvalue weighted by atomic mass is 32.1. The molecule has 38 heavy (non-hydrogen) atoms. The van der Waals surface area contributed by atoms with Crippen molar-refractivity contribution in [3.8, 4) is 5.75 Å². The number of carbonyl (C=O) groups excluding carboxylic acids is 1. The van der Waals surface area contributed by atoms with E-state index in [1.807, 2.05) is 55.4 Å². The molecule has 0 saturated carbocycles. The molecule has 200 valence electrons. The summed E-state index contributed by atoms with van der Waals surface area (Å²) in [6, 6.07) is 12.6. The fourth-order valence-corrected chi connectivity index (χ4v) is 5.68. The van der Waals surface area contributed by atoms with Crippen LogP contribution in [0.1, 0.15) is 44.9 Å². The van der Waals surface area contributed by atoms with Gasteiger partial charge in [-0.2, -0.15) is 0 Å². The lowest BCUT2D eigenvalue weighted by Gasteiger charge is -2.25. The number of anilines is 2. The second-order valence-corrected chi connectivity index (χ2v) is 10.2. The summed E-state index contributed by atoms with van der Waals surface area (Å²) in [6.45, 7) is 9.51. The molecule has 1 aliphatic rings. The van der Waals surface area contributed by atoms with Crippen molar-refractivity contribution < 1.29 is 14.6 Å². The summed E-state index contributed by atoms with van der Waals surface area (Å²) >= 11 is 1.23. The van der Waals surface area contributed by atoms with Crippen molar-refractivity contribution in [3.05, 3.63) is 84.5 Å². The van der Waals surface area contributed by atoms with Crippen LogP contribution in [0, 0.1) is 0 Å². The van der Waals surface area contributed by atoms with E-state index in [1.54, 1.807) is 30.6 Å². The molecule has 1 atom stereocenters. The first-order valence-electron chi connectivity index (χ1n) is 12.7. The van der Waals surface area contributed by atoms with E-state index in [1.165, 1.54) is 11.3 Å². The largest absolute Gasteiger partial charge is 0.507 e. The number of phenols is 1. The predicted octanol–water partition coefficient (Wildman–Crippen LogP) is 3.42. The van der Waals surface area contributed by atoms with Gasteiger partial charge in [-0.05, 0) is 63.6 Å². The van der Waals surface area contributed by atoms with E-state index in [0.717, 1.165) is 30.0 Å². The van der Waals surface area contributed by atoms with Gasteiger partial charge in [0.05, 0.1) is 28.5 Å². The molecule has 2 aromatic carbocycles. The van der Waals surface area contributed by atoms with Gasteiger partial charge in [0.1, 0.15) is 5.75 Å². The van der Waals surface area contributed by atoms with E-state index in [4.69, 9.17) is 4.74 Å². The molecule has 1 N–H and O–H groups in total. The Morgan fingerprint density at radius 1 is 1.11 bits per heavy atom. The molecule has 4 rings (SSSR count). The Hall–Kier alpha value is -3.85. The Morgan fingerprint density at radius 2 is 1.76 bits per heavy atom. The number of thiazole rings is 1. The number of esters is 1. The van der Waals surface area contributed by atoms with Crippen LogP contribution in [0.5, 0.6) is 5.75 Å². The molecule has 1 aromatic heterocycles. The van der Waals surface area contributed by atoms with Crippen LogP contribution in [0.2, 0.25) is 0 Å². The van der Waals surface area contributed by atoms with Crippen LogP contribution in [0.3, 0.4) is 0 Å². The minimum atomic E-state index is -0.678. The molecule has 0 amide bonds. The number of nitrogens with zero attached hydrogens (tertiary/aromatic N) is 4. The summed E-state index contributed by atoms with van der Waals surface area (Å²) in [5.74, 6) is -0.395. The predicted molar refractivity (Wildman–Crippen MR) is 153 cm³/mol. The number of aromatic hydroxyl groups is 1. The lowest BCUT2D eigenvalue weighted by atomic mass is 9.95. The zero-order valence-corrected chi connectivity index (χ0v) is 23.5. The van der Waals surface area contributed by atoms with E-state index in [9.17, 15) is 14.7 Å². The first-order valence-corrected chi connectivity index (χ1v) is 13.6. The number of hydrogen-bond acceptors (Lipinski definition) is 8. The molecule has 0 spiro atoms. The summed E-state index contributed by atoms with van der Waals surface area (Å²) in [5, 5.41) is 10.7. The number of aromatic nitrogens is 1. The second-order valence-electron chi connectivity index (χ2n) is 9.20. The Morgan fingerprint density at radius 3 is 2.34 bits per heavy atom. The highest BCUT2D eigenvalue weighted by molar-refractivity contribution is 7.07. The van der Waals surface area contributed by atoms with Crippen molar-refractivity contribution in [1.82, 2.24) is 4.57 Å². The minimum absolute atomic E-state index is 0.0967. The molecule has 0 aliphatic carbocycles. The number of rotatable bonds is 8. The molecule has 0 bridgehead atoms. The van der Waals surface area contributed by atoms with E-state index in [-0.39, 0.29) is 17.9 Å². The summed E-state index contributed by atoms with van der Waals surface area (Å²) in [4.78, 5) is 36.1. The van der Waals surface area contributed by atoms with Crippen LogP contribution in [-0.2, 0) is 9.53 Å². The highest BCUT2D eigenvalue weighted by Crippen LogP contribution is 2.32. The van der Waals surface area contributed by atoms with Gasteiger partial charge in [-0.1, -0.05) is 23.5 Å². The molecular formula is C29H34N4O4S. The number of carbonyl (C=O) groups is 1. The van der Waals surface area contributed by atoms with Crippen molar-refractivity contribution >= 4 is 34.8 Å². The number of ether oxygens (including phenoxy) is 1. The minimum Gasteiger partial charge on any atom is -0.507 e. The molecule has 8 nitrogen and oxygen atoms in total. The molecule has 9 heteroatoms. The number of fused-ring (bicyclic) bond motifs is 1. The summed E-state index contributed by atoms with van der Waals surface area (Å²) in [6.07, 6.45) is 1.68. The second kappa shape index (κ2) is 11.3. The van der Waals surface area contributed by atoms with Crippen LogP contribution in [0.25, 0.3) is 6.08 Å². The maximum Gasteiger partial charge on any atom is 0.338 e. The normalized spacial score (nSPS) is 15.2. The molecule has 0 unspecified atom stereocenters. The van der Waals surface area contributed by atoms with Crippen molar-refractivity contribution in [1.29, 1.82) is 0 Å². The lowest BCUT2D eigenvalue weighted by Crippen LogP contribution is -2.39. The van der Waals surface area contributed by atoms with Crippen molar-refractivity contribution in [3.63, 3.8) is 0 Å². The van der Waals surface area contributed by atoms with Gasteiger partial charge < -0.3 is 19.6 Å². The fourth-order valence-electron chi connectivity index (χ4n) is 4.64. The monoisotopic (exact) mass is 534 g/mol. The average molecular weight is 535 g/mol. The van der Waals surface area contributed by atoms with Crippen molar-refractivity contribution in [2.75, 3.05) is 43.6 Å². The quantitative estimate of drug-likeness (QED) is 0.446.